The van der Waals surface area contributed by atoms with Gasteiger partial charge in [0.15, 0.2) is 0 Å². The molecule has 0 spiro atoms. The lowest BCUT2D eigenvalue weighted by atomic mass is 9.64. The first-order chi connectivity index (χ1) is 9.66. The molecule has 21 heavy (non-hydrogen) atoms. The number of nitrogens with two attached hydrogens (primary N) is 1. The third kappa shape index (κ3) is 4.44. The highest BCUT2D eigenvalue weighted by molar-refractivity contribution is 5.85. The van der Waals surface area contributed by atoms with Crippen molar-refractivity contribution in [2.75, 3.05) is 19.6 Å². The van der Waals surface area contributed by atoms with E-state index in [0.717, 1.165) is 12.8 Å². The molecule has 1 aromatic carbocycles. The molecule has 0 heterocycles. The molecular weight excluding hydrogens is 290 g/mol. The smallest absolute Gasteiger partial charge is 0.239 e. The van der Waals surface area contributed by atoms with Gasteiger partial charge in [-0.2, -0.15) is 0 Å². The van der Waals surface area contributed by atoms with Crippen LogP contribution in [-0.4, -0.2) is 31.4 Å². The molecule has 0 aliphatic heterocycles. The lowest BCUT2D eigenvalue weighted by molar-refractivity contribution is -0.125. The highest BCUT2D eigenvalue weighted by atomic mass is 35.5. The van der Waals surface area contributed by atoms with Crippen LogP contribution in [0.25, 0.3) is 0 Å². The highest BCUT2D eigenvalue weighted by Gasteiger charge is 2.38. The summed E-state index contributed by atoms with van der Waals surface area (Å²) in [6.45, 7) is 0.510. The third-order valence-corrected chi connectivity index (χ3v) is 3.95. The van der Waals surface area contributed by atoms with Crippen LogP contribution in [0.5, 0.6) is 0 Å². The lowest BCUT2D eigenvalue weighted by Gasteiger charge is -2.42. The van der Waals surface area contributed by atoms with Crippen LogP contribution in [0, 0.1) is 0 Å². The average Bonchev–Trinajstić information content (AvgIpc) is 2.44. The van der Waals surface area contributed by atoms with Crippen molar-refractivity contribution >= 4 is 24.2 Å². The number of halogens is 1. The first kappa shape index (κ1) is 17.5. The monoisotopic (exact) mass is 311 g/mol. The van der Waals surface area contributed by atoms with Crippen molar-refractivity contribution in [1.82, 2.24) is 10.6 Å². The molecule has 1 aromatic rings. The Kier molecular flexibility index (Phi) is 6.65. The van der Waals surface area contributed by atoms with Gasteiger partial charge in [-0.15, -0.1) is 12.4 Å². The second-order valence-corrected chi connectivity index (χ2v) is 5.26. The van der Waals surface area contributed by atoms with E-state index in [-0.39, 0.29) is 42.7 Å². The minimum absolute atomic E-state index is 0. The van der Waals surface area contributed by atoms with Crippen molar-refractivity contribution in [2.45, 2.75) is 24.7 Å². The Bertz CT molecular complexity index is 475. The molecule has 6 heteroatoms. The number of carbonyl (C=O) groups is 2. The lowest BCUT2D eigenvalue weighted by Crippen LogP contribution is -2.48. The summed E-state index contributed by atoms with van der Waals surface area (Å²) >= 11 is 0. The maximum absolute atomic E-state index is 11.7. The van der Waals surface area contributed by atoms with Crippen LogP contribution in [0.15, 0.2) is 30.3 Å². The first-order valence-electron chi connectivity index (χ1n) is 6.95. The summed E-state index contributed by atoms with van der Waals surface area (Å²) in [6, 6.07) is 10.3. The van der Waals surface area contributed by atoms with Gasteiger partial charge >= 0.3 is 0 Å². The Morgan fingerprint density at radius 2 is 1.76 bits per heavy atom. The van der Waals surface area contributed by atoms with Crippen LogP contribution in [0.2, 0.25) is 0 Å². The number of benzene rings is 1. The molecule has 4 N–H and O–H groups in total. The van der Waals surface area contributed by atoms with Gasteiger partial charge in [0.05, 0.1) is 13.1 Å². The number of hydrogen-bond donors (Lipinski definition) is 3. The molecule has 0 aromatic heterocycles. The molecule has 0 unspecified atom stereocenters. The van der Waals surface area contributed by atoms with Crippen LogP contribution < -0.4 is 16.4 Å². The Morgan fingerprint density at radius 3 is 2.29 bits per heavy atom. The highest BCUT2D eigenvalue weighted by Crippen LogP contribution is 2.42. The van der Waals surface area contributed by atoms with Gasteiger partial charge in [-0.1, -0.05) is 36.8 Å². The van der Waals surface area contributed by atoms with E-state index in [1.165, 1.54) is 12.0 Å². The first-order valence-corrected chi connectivity index (χ1v) is 6.95. The molecule has 1 saturated carbocycles. The minimum Gasteiger partial charge on any atom is -0.354 e. The van der Waals surface area contributed by atoms with Gasteiger partial charge in [-0.05, 0) is 18.4 Å². The van der Waals surface area contributed by atoms with Crippen molar-refractivity contribution in [3.05, 3.63) is 35.9 Å². The zero-order valence-electron chi connectivity index (χ0n) is 11.9. The van der Waals surface area contributed by atoms with Crippen molar-refractivity contribution in [2.24, 2.45) is 5.73 Å². The summed E-state index contributed by atoms with van der Waals surface area (Å²) in [7, 11) is 0. The zero-order valence-corrected chi connectivity index (χ0v) is 12.7. The van der Waals surface area contributed by atoms with E-state index in [2.05, 4.69) is 22.8 Å². The predicted molar refractivity (Wildman–Crippen MR) is 84.3 cm³/mol. The van der Waals surface area contributed by atoms with Crippen LogP contribution in [0.4, 0.5) is 0 Å². The zero-order chi connectivity index (χ0) is 14.4. The Hall–Kier alpha value is -1.59. The van der Waals surface area contributed by atoms with Crippen LogP contribution in [-0.2, 0) is 15.0 Å². The van der Waals surface area contributed by atoms with Gasteiger partial charge in [-0.3, -0.25) is 9.59 Å². The molecule has 1 fully saturated rings. The number of hydrogen-bond acceptors (Lipinski definition) is 3. The normalized spacial score (nSPS) is 15.3. The predicted octanol–water partition coefficient (Wildman–Crippen LogP) is 0.721. The summed E-state index contributed by atoms with van der Waals surface area (Å²) in [6.07, 6.45) is 3.37. The molecular formula is C15H22ClN3O2. The van der Waals surface area contributed by atoms with Gasteiger partial charge < -0.3 is 16.4 Å². The second kappa shape index (κ2) is 8.00. The number of carbonyl (C=O) groups excluding carboxylic acids is 2. The van der Waals surface area contributed by atoms with Gasteiger partial charge in [0, 0.05) is 12.0 Å². The molecule has 0 saturated heterocycles. The quantitative estimate of drug-likeness (QED) is 0.724. The topological polar surface area (TPSA) is 84.2 Å². The molecule has 0 bridgehead atoms. The van der Waals surface area contributed by atoms with E-state index < -0.39 is 0 Å². The van der Waals surface area contributed by atoms with Crippen molar-refractivity contribution in [3.63, 3.8) is 0 Å². The fourth-order valence-corrected chi connectivity index (χ4v) is 2.54. The summed E-state index contributed by atoms with van der Waals surface area (Å²) in [5, 5.41) is 5.38. The molecule has 1 aliphatic rings. The van der Waals surface area contributed by atoms with Crippen molar-refractivity contribution in [3.8, 4) is 0 Å². The molecule has 2 amide bonds. The van der Waals surface area contributed by atoms with E-state index in [1.807, 2.05) is 18.2 Å². The van der Waals surface area contributed by atoms with Crippen molar-refractivity contribution in [1.29, 1.82) is 0 Å². The molecule has 0 radical (unpaired) electrons. The van der Waals surface area contributed by atoms with Gasteiger partial charge in [0.25, 0.3) is 0 Å². The molecule has 0 atom stereocenters. The fourth-order valence-electron chi connectivity index (χ4n) is 2.54. The van der Waals surface area contributed by atoms with E-state index in [4.69, 9.17) is 5.73 Å². The van der Waals surface area contributed by atoms with E-state index >= 15 is 0 Å². The number of rotatable bonds is 6. The van der Waals surface area contributed by atoms with Gasteiger partial charge in [0.2, 0.25) is 11.8 Å². The molecule has 5 nitrogen and oxygen atoms in total. The SMILES string of the molecule is Cl.NCC(=O)NCC(=O)NCC1(c2ccccc2)CCC1. The van der Waals surface area contributed by atoms with E-state index in [1.54, 1.807) is 0 Å². The number of nitrogens with one attached hydrogen (secondary N) is 2. The summed E-state index contributed by atoms with van der Waals surface area (Å²) in [5.74, 6) is -0.490. The van der Waals surface area contributed by atoms with Crippen molar-refractivity contribution < 1.29 is 9.59 Å². The summed E-state index contributed by atoms with van der Waals surface area (Å²) in [4.78, 5) is 22.7. The van der Waals surface area contributed by atoms with Crippen LogP contribution in [0.1, 0.15) is 24.8 Å². The second-order valence-electron chi connectivity index (χ2n) is 5.26. The minimum atomic E-state index is -0.318. The van der Waals surface area contributed by atoms with Gasteiger partial charge in [0.1, 0.15) is 0 Å². The fraction of sp³-hybridized carbons (Fsp3) is 0.467. The average molecular weight is 312 g/mol. The molecule has 2 rings (SSSR count). The summed E-state index contributed by atoms with van der Waals surface area (Å²) < 4.78 is 0. The largest absolute Gasteiger partial charge is 0.354 e. The standard InChI is InChI=1S/C15H21N3O2.ClH/c16-9-13(19)17-10-14(20)18-11-15(7-4-8-15)12-5-2-1-3-6-12;/h1-3,5-6H,4,7-11,16H2,(H,17,19)(H,18,20);1H. The Balaban J connectivity index is 0.00000220. The third-order valence-electron chi connectivity index (χ3n) is 3.95. The molecule has 1 aliphatic carbocycles. The Morgan fingerprint density at radius 1 is 1.10 bits per heavy atom. The number of amides is 2. The Labute approximate surface area is 131 Å². The summed E-state index contributed by atoms with van der Waals surface area (Å²) in [5.41, 5.74) is 6.50. The maximum Gasteiger partial charge on any atom is 0.239 e. The maximum atomic E-state index is 11.7. The van der Waals surface area contributed by atoms with Crippen LogP contribution >= 0.6 is 12.4 Å². The molecule has 116 valence electrons. The van der Waals surface area contributed by atoms with Gasteiger partial charge in [-0.25, -0.2) is 0 Å². The van der Waals surface area contributed by atoms with E-state index in [9.17, 15) is 9.59 Å². The van der Waals surface area contributed by atoms with E-state index in [0.29, 0.717) is 6.54 Å². The van der Waals surface area contributed by atoms with Crippen LogP contribution in [0.3, 0.4) is 0 Å².